The van der Waals surface area contributed by atoms with Crippen LogP contribution in [-0.4, -0.2) is 29.8 Å². The summed E-state index contributed by atoms with van der Waals surface area (Å²) < 4.78 is 5.40. The smallest absolute Gasteiger partial charge is 0.339 e. The lowest BCUT2D eigenvalue weighted by Crippen LogP contribution is -2.46. The van der Waals surface area contributed by atoms with E-state index in [1.54, 1.807) is 55.5 Å². The lowest BCUT2D eigenvalue weighted by molar-refractivity contribution is -0.130. The Kier molecular flexibility index (Phi) is 6.81. The van der Waals surface area contributed by atoms with Gasteiger partial charge in [0, 0.05) is 17.2 Å². The summed E-state index contributed by atoms with van der Waals surface area (Å²) in [6.07, 6.45) is 3.38. The normalized spacial score (nSPS) is 19.8. The molecule has 3 rings (SSSR count). The van der Waals surface area contributed by atoms with E-state index in [4.69, 9.17) is 4.74 Å². The summed E-state index contributed by atoms with van der Waals surface area (Å²) in [6, 6.07) is 15.4. The molecule has 1 N–H and O–H groups in total. The number of nitrogens with one attached hydrogen (secondary N) is 1. The predicted molar refractivity (Wildman–Crippen MR) is 111 cm³/mol. The molecular formula is C24H27NO4. The minimum absolute atomic E-state index is 0.115. The highest BCUT2D eigenvalue weighted by Gasteiger charge is 2.27. The zero-order valence-electron chi connectivity index (χ0n) is 16.9. The van der Waals surface area contributed by atoms with E-state index < -0.39 is 12.1 Å². The summed E-state index contributed by atoms with van der Waals surface area (Å²) in [6.45, 7) is 3.69. The van der Waals surface area contributed by atoms with Gasteiger partial charge in [0.15, 0.2) is 11.9 Å². The molecule has 2 aromatic rings. The molecular weight excluding hydrogens is 366 g/mol. The second-order valence-corrected chi connectivity index (χ2v) is 7.67. The maximum Gasteiger partial charge on any atom is 0.339 e. The van der Waals surface area contributed by atoms with Gasteiger partial charge in [-0.05, 0) is 31.7 Å². The standard InChI is InChI=1S/C24H27NO4/c1-16-10-6-9-15-21(16)25-23(27)17(2)29-24(28)20-14-8-7-13-19(20)22(26)18-11-4-3-5-12-18/h3-5,7-8,11-14,16-17,21H,6,9-10,15H2,1-2H3,(H,25,27)/t16-,17-,21-/m1/s1. The average molecular weight is 393 g/mol. The SMILES string of the molecule is C[C@@H]1CCCC[C@H]1NC(=O)[C@@H](C)OC(=O)c1ccccc1C(=O)c1ccccc1. The number of rotatable bonds is 6. The molecule has 0 saturated heterocycles. The molecule has 0 aliphatic heterocycles. The third-order valence-electron chi connectivity index (χ3n) is 5.52. The topological polar surface area (TPSA) is 72.5 Å². The monoisotopic (exact) mass is 393 g/mol. The number of benzene rings is 2. The van der Waals surface area contributed by atoms with Gasteiger partial charge in [-0.25, -0.2) is 4.79 Å². The Morgan fingerprint density at radius 3 is 2.24 bits per heavy atom. The van der Waals surface area contributed by atoms with Gasteiger partial charge in [0.25, 0.3) is 5.91 Å². The van der Waals surface area contributed by atoms with Crippen molar-refractivity contribution in [3.8, 4) is 0 Å². The number of esters is 1. The van der Waals surface area contributed by atoms with Crippen molar-refractivity contribution in [2.75, 3.05) is 0 Å². The average Bonchev–Trinajstić information content (AvgIpc) is 2.75. The highest BCUT2D eigenvalue weighted by atomic mass is 16.5. The molecule has 29 heavy (non-hydrogen) atoms. The highest BCUT2D eigenvalue weighted by molar-refractivity contribution is 6.14. The molecule has 1 aliphatic rings. The minimum Gasteiger partial charge on any atom is -0.449 e. The minimum atomic E-state index is -0.934. The lowest BCUT2D eigenvalue weighted by atomic mass is 9.86. The summed E-state index contributed by atoms with van der Waals surface area (Å²) in [5.74, 6) is -0.820. The summed E-state index contributed by atoms with van der Waals surface area (Å²) in [7, 11) is 0. The van der Waals surface area contributed by atoms with Crippen LogP contribution in [0.25, 0.3) is 0 Å². The van der Waals surface area contributed by atoms with E-state index in [9.17, 15) is 14.4 Å². The van der Waals surface area contributed by atoms with Crippen LogP contribution in [0.1, 0.15) is 65.8 Å². The van der Waals surface area contributed by atoms with Crippen LogP contribution in [0.15, 0.2) is 54.6 Å². The van der Waals surface area contributed by atoms with Crippen LogP contribution in [0.4, 0.5) is 0 Å². The molecule has 0 spiro atoms. The number of ketones is 1. The van der Waals surface area contributed by atoms with E-state index in [0.717, 1.165) is 19.3 Å². The predicted octanol–water partition coefficient (Wildman–Crippen LogP) is 4.16. The summed E-state index contributed by atoms with van der Waals surface area (Å²) >= 11 is 0. The van der Waals surface area contributed by atoms with Crippen LogP contribution in [0, 0.1) is 5.92 Å². The summed E-state index contributed by atoms with van der Waals surface area (Å²) in [5, 5.41) is 3.01. The fourth-order valence-electron chi connectivity index (χ4n) is 3.71. The van der Waals surface area contributed by atoms with Crippen LogP contribution >= 0.6 is 0 Å². The number of hydrogen-bond donors (Lipinski definition) is 1. The first-order chi connectivity index (χ1) is 14.0. The van der Waals surface area contributed by atoms with Gasteiger partial charge in [-0.3, -0.25) is 9.59 Å². The number of ether oxygens (including phenoxy) is 1. The second kappa shape index (κ2) is 9.50. The fourth-order valence-corrected chi connectivity index (χ4v) is 3.71. The molecule has 0 heterocycles. The zero-order chi connectivity index (χ0) is 20.8. The maximum atomic E-state index is 12.8. The van der Waals surface area contributed by atoms with Gasteiger partial charge in [0.05, 0.1) is 5.56 Å². The Morgan fingerprint density at radius 2 is 1.55 bits per heavy atom. The Hall–Kier alpha value is -2.95. The Labute approximate surface area is 171 Å². The number of amides is 1. The van der Waals surface area contributed by atoms with Crippen molar-refractivity contribution in [2.45, 2.75) is 51.7 Å². The zero-order valence-corrected chi connectivity index (χ0v) is 16.9. The van der Waals surface area contributed by atoms with E-state index >= 15 is 0 Å². The van der Waals surface area contributed by atoms with E-state index in [1.165, 1.54) is 6.42 Å². The van der Waals surface area contributed by atoms with Crippen molar-refractivity contribution in [3.63, 3.8) is 0 Å². The first kappa shape index (κ1) is 20.8. The van der Waals surface area contributed by atoms with Gasteiger partial charge in [-0.2, -0.15) is 0 Å². The number of carbonyl (C=O) groups is 3. The van der Waals surface area contributed by atoms with E-state index in [1.807, 2.05) is 6.07 Å². The Balaban J connectivity index is 1.69. The molecule has 0 unspecified atom stereocenters. The quantitative estimate of drug-likeness (QED) is 0.591. The van der Waals surface area contributed by atoms with Crippen molar-refractivity contribution in [3.05, 3.63) is 71.3 Å². The van der Waals surface area contributed by atoms with Crippen molar-refractivity contribution >= 4 is 17.7 Å². The largest absolute Gasteiger partial charge is 0.449 e. The van der Waals surface area contributed by atoms with Gasteiger partial charge in [-0.1, -0.05) is 68.3 Å². The highest BCUT2D eigenvalue weighted by Crippen LogP contribution is 2.24. The van der Waals surface area contributed by atoms with Gasteiger partial charge in [0.1, 0.15) is 0 Å². The summed E-state index contributed by atoms with van der Waals surface area (Å²) in [5.41, 5.74) is 0.911. The first-order valence-corrected chi connectivity index (χ1v) is 10.2. The van der Waals surface area contributed by atoms with Gasteiger partial charge in [0.2, 0.25) is 0 Å². The van der Waals surface area contributed by atoms with Crippen LogP contribution in [0.3, 0.4) is 0 Å². The first-order valence-electron chi connectivity index (χ1n) is 10.2. The molecule has 0 bridgehead atoms. The molecule has 3 atom stereocenters. The van der Waals surface area contributed by atoms with Gasteiger partial charge < -0.3 is 10.1 Å². The van der Waals surface area contributed by atoms with Crippen molar-refractivity contribution in [2.24, 2.45) is 5.92 Å². The number of carbonyl (C=O) groups excluding carboxylic acids is 3. The molecule has 0 radical (unpaired) electrons. The molecule has 1 fully saturated rings. The Bertz CT molecular complexity index is 877. The van der Waals surface area contributed by atoms with Crippen LogP contribution < -0.4 is 5.32 Å². The molecule has 1 saturated carbocycles. The third kappa shape index (κ3) is 5.11. The molecule has 5 heteroatoms. The molecule has 1 amide bonds. The van der Waals surface area contributed by atoms with E-state index in [2.05, 4.69) is 12.2 Å². The van der Waals surface area contributed by atoms with Crippen LogP contribution in [0.2, 0.25) is 0 Å². The molecule has 1 aliphatic carbocycles. The van der Waals surface area contributed by atoms with Gasteiger partial charge >= 0.3 is 5.97 Å². The Morgan fingerprint density at radius 1 is 0.931 bits per heavy atom. The fraction of sp³-hybridized carbons (Fsp3) is 0.375. The molecule has 5 nitrogen and oxygen atoms in total. The van der Waals surface area contributed by atoms with E-state index in [-0.39, 0.29) is 28.9 Å². The van der Waals surface area contributed by atoms with Gasteiger partial charge in [-0.15, -0.1) is 0 Å². The molecule has 2 aromatic carbocycles. The van der Waals surface area contributed by atoms with Crippen LogP contribution in [0.5, 0.6) is 0 Å². The molecule has 152 valence electrons. The third-order valence-corrected chi connectivity index (χ3v) is 5.52. The van der Waals surface area contributed by atoms with Crippen molar-refractivity contribution in [1.29, 1.82) is 0 Å². The summed E-state index contributed by atoms with van der Waals surface area (Å²) in [4.78, 5) is 38.0. The van der Waals surface area contributed by atoms with Crippen molar-refractivity contribution < 1.29 is 19.1 Å². The van der Waals surface area contributed by atoms with E-state index in [0.29, 0.717) is 11.5 Å². The lowest BCUT2D eigenvalue weighted by Gasteiger charge is -2.30. The van der Waals surface area contributed by atoms with Crippen LogP contribution in [-0.2, 0) is 9.53 Å². The van der Waals surface area contributed by atoms with Crippen molar-refractivity contribution in [1.82, 2.24) is 5.32 Å². The molecule has 0 aromatic heterocycles. The number of hydrogen-bond acceptors (Lipinski definition) is 4. The second-order valence-electron chi connectivity index (χ2n) is 7.67. The maximum absolute atomic E-state index is 12.8.